The molecule has 0 saturated carbocycles. The van der Waals surface area contributed by atoms with Gasteiger partial charge in [-0.05, 0) is 43.9 Å². The van der Waals surface area contributed by atoms with E-state index < -0.39 is 0 Å². The summed E-state index contributed by atoms with van der Waals surface area (Å²) in [6.07, 6.45) is 8.08. The third-order valence-electron chi connectivity index (χ3n) is 5.48. The summed E-state index contributed by atoms with van der Waals surface area (Å²) in [7, 11) is 0. The Morgan fingerprint density at radius 1 is 1.08 bits per heavy atom. The highest BCUT2D eigenvalue weighted by Crippen LogP contribution is 2.26. The van der Waals surface area contributed by atoms with Gasteiger partial charge in [0.25, 0.3) is 0 Å². The Bertz CT molecular complexity index is 685. The van der Waals surface area contributed by atoms with Crippen LogP contribution in [0.3, 0.4) is 0 Å². The van der Waals surface area contributed by atoms with E-state index in [9.17, 15) is 4.79 Å². The van der Waals surface area contributed by atoms with E-state index in [0.29, 0.717) is 11.9 Å². The molecule has 2 fully saturated rings. The van der Waals surface area contributed by atoms with E-state index in [1.807, 2.05) is 29.2 Å². The van der Waals surface area contributed by atoms with Crippen molar-refractivity contribution in [3.63, 3.8) is 0 Å². The first-order chi connectivity index (χ1) is 12.3. The maximum Gasteiger partial charge on any atom is 0.240 e. The molecule has 0 aliphatic carbocycles. The highest BCUT2D eigenvalue weighted by atomic mass is 16.2. The van der Waals surface area contributed by atoms with E-state index in [4.69, 9.17) is 0 Å². The van der Waals surface area contributed by atoms with Crippen LogP contribution in [0.25, 0.3) is 0 Å². The standard InChI is InChI=1S/C20H26N4O/c25-20(23-13-4-9-18(16-23)24-14-6-11-21-24)19-10-5-12-22(19)15-17-7-2-1-3-8-17/h1-3,6-8,11,14,18-19H,4-5,9-10,12-13,15-16H2/t18-,19-/m1/s1. The summed E-state index contributed by atoms with van der Waals surface area (Å²) < 4.78 is 2.01. The van der Waals surface area contributed by atoms with Gasteiger partial charge in [-0.2, -0.15) is 5.10 Å². The second-order valence-electron chi connectivity index (χ2n) is 7.18. The lowest BCUT2D eigenvalue weighted by Gasteiger charge is -2.36. The Labute approximate surface area is 149 Å². The van der Waals surface area contributed by atoms with Gasteiger partial charge in [0, 0.05) is 32.0 Å². The lowest BCUT2D eigenvalue weighted by molar-refractivity contribution is -0.137. The first-order valence-electron chi connectivity index (χ1n) is 9.37. The summed E-state index contributed by atoms with van der Waals surface area (Å²) in [6.45, 7) is 3.55. The third kappa shape index (κ3) is 3.61. The van der Waals surface area contributed by atoms with E-state index >= 15 is 0 Å². The molecule has 2 saturated heterocycles. The van der Waals surface area contributed by atoms with Gasteiger partial charge in [0.15, 0.2) is 0 Å². The van der Waals surface area contributed by atoms with E-state index in [1.165, 1.54) is 5.56 Å². The van der Waals surface area contributed by atoms with Crippen molar-refractivity contribution in [1.82, 2.24) is 19.6 Å². The summed E-state index contributed by atoms with van der Waals surface area (Å²) in [5.41, 5.74) is 1.29. The van der Waals surface area contributed by atoms with Crippen LogP contribution in [0, 0.1) is 0 Å². The first kappa shape index (κ1) is 16.3. The Balaban J connectivity index is 1.42. The third-order valence-corrected chi connectivity index (χ3v) is 5.48. The number of piperidine rings is 1. The molecule has 132 valence electrons. The topological polar surface area (TPSA) is 41.4 Å². The van der Waals surface area contributed by atoms with Crippen molar-refractivity contribution in [3.8, 4) is 0 Å². The van der Waals surface area contributed by atoms with Crippen LogP contribution in [-0.4, -0.2) is 51.2 Å². The monoisotopic (exact) mass is 338 g/mol. The van der Waals surface area contributed by atoms with Crippen LogP contribution in [0.4, 0.5) is 0 Å². The molecule has 2 aliphatic heterocycles. The van der Waals surface area contributed by atoms with Gasteiger partial charge in [-0.1, -0.05) is 30.3 Å². The second kappa shape index (κ2) is 7.40. The largest absolute Gasteiger partial charge is 0.339 e. The highest BCUT2D eigenvalue weighted by molar-refractivity contribution is 5.82. The van der Waals surface area contributed by atoms with Crippen LogP contribution >= 0.6 is 0 Å². The van der Waals surface area contributed by atoms with Gasteiger partial charge >= 0.3 is 0 Å². The zero-order valence-electron chi connectivity index (χ0n) is 14.6. The fourth-order valence-electron chi connectivity index (χ4n) is 4.19. The molecule has 2 aromatic rings. The van der Waals surface area contributed by atoms with Crippen molar-refractivity contribution in [1.29, 1.82) is 0 Å². The molecule has 1 aromatic heterocycles. The van der Waals surface area contributed by atoms with Gasteiger partial charge in [-0.15, -0.1) is 0 Å². The molecule has 2 atom stereocenters. The normalized spacial score (nSPS) is 24.6. The summed E-state index contributed by atoms with van der Waals surface area (Å²) in [5, 5.41) is 4.37. The van der Waals surface area contributed by atoms with Crippen LogP contribution in [-0.2, 0) is 11.3 Å². The summed E-state index contributed by atoms with van der Waals surface area (Å²) in [5.74, 6) is 0.310. The van der Waals surface area contributed by atoms with Crippen LogP contribution < -0.4 is 0 Å². The smallest absolute Gasteiger partial charge is 0.240 e. The van der Waals surface area contributed by atoms with E-state index in [2.05, 4.69) is 39.2 Å². The van der Waals surface area contributed by atoms with Crippen LogP contribution in [0.2, 0.25) is 0 Å². The number of hydrogen-bond donors (Lipinski definition) is 0. The van der Waals surface area contributed by atoms with Crippen LogP contribution in [0.5, 0.6) is 0 Å². The Hall–Kier alpha value is -2.14. The highest BCUT2D eigenvalue weighted by Gasteiger charge is 2.35. The van der Waals surface area contributed by atoms with Crippen molar-refractivity contribution in [2.45, 2.75) is 44.3 Å². The van der Waals surface area contributed by atoms with E-state index in [1.54, 1.807) is 0 Å². The Kier molecular flexibility index (Phi) is 4.83. The zero-order valence-corrected chi connectivity index (χ0v) is 14.6. The summed E-state index contributed by atoms with van der Waals surface area (Å²) in [6, 6.07) is 12.8. The van der Waals surface area contributed by atoms with Crippen molar-refractivity contribution < 1.29 is 4.79 Å². The Morgan fingerprint density at radius 3 is 2.72 bits per heavy atom. The number of carbonyl (C=O) groups excluding carboxylic acids is 1. The van der Waals surface area contributed by atoms with E-state index in [-0.39, 0.29) is 6.04 Å². The van der Waals surface area contributed by atoms with Gasteiger partial charge in [-0.25, -0.2) is 0 Å². The van der Waals surface area contributed by atoms with E-state index in [0.717, 1.165) is 51.9 Å². The Morgan fingerprint density at radius 2 is 1.92 bits per heavy atom. The molecule has 0 spiro atoms. The molecular formula is C20H26N4O. The quantitative estimate of drug-likeness (QED) is 0.861. The SMILES string of the molecule is O=C([C@H]1CCCN1Cc1ccccc1)N1CCC[C@@H](n2cccn2)C1. The number of amides is 1. The molecule has 25 heavy (non-hydrogen) atoms. The zero-order chi connectivity index (χ0) is 17.1. The van der Waals surface area contributed by atoms with Gasteiger partial charge in [-0.3, -0.25) is 14.4 Å². The minimum atomic E-state index is 0.0385. The molecule has 0 unspecified atom stereocenters. The lowest BCUT2D eigenvalue weighted by atomic mass is 10.0. The average Bonchev–Trinajstić information content (AvgIpc) is 3.34. The lowest BCUT2D eigenvalue weighted by Crippen LogP contribution is -2.49. The van der Waals surface area contributed by atoms with Gasteiger partial charge in [0.2, 0.25) is 5.91 Å². The minimum Gasteiger partial charge on any atom is -0.339 e. The molecule has 5 nitrogen and oxygen atoms in total. The molecule has 0 N–H and O–H groups in total. The van der Waals surface area contributed by atoms with Crippen LogP contribution in [0.1, 0.15) is 37.3 Å². The van der Waals surface area contributed by atoms with Gasteiger partial charge in [0.1, 0.15) is 0 Å². The molecule has 0 bridgehead atoms. The fraction of sp³-hybridized carbons (Fsp3) is 0.500. The molecule has 2 aliphatic rings. The maximum absolute atomic E-state index is 13.2. The first-order valence-corrected chi connectivity index (χ1v) is 9.37. The van der Waals surface area contributed by atoms with Gasteiger partial charge in [0.05, 0.1) is 12.1 Å². The summed E-state index contributed by atoms with van der Waals surface area (Å²) >= 11 is 0. The molecule has 3 heterocycles. The average molecular weight is 338 g/mol. The molecule has 1 amide bonds. The van der Waals surface area contributed by atoms with Crippen LogP contribution in [0.15, 0.2) is 48.8 Å². The maximum atomic E-state index is 13.2. The number of nitrogens with zero attached hydrogens (tertiary/aromatic N) is 4. The number of aromatic nitrogens is 2. The number of likely N-dealkylation sites (tertiary alicyclic amines) is 2. The predicted octanol–water partition coefficient (Wildman–Crippen LogP) is 2.71. The molecule has 4 rings (SSSR count). The predicted molar refractivity (Wildman–Crippen MR) is 97.0 cm³/mol. The van der Waals surface area contributed by atoms with Crippen molar-refractivity contribution in [2.75, 3.05) is 19.6 Å². The van der Waals surface area contributed by atoms with Crippen molar-refractivity contribution >= 4 is 5.91 Å². The molecule has 0 radical (unpaired) electrons. The molecule has 5 heteroatoms. The fourth-order valence-corrected chi connectivity index (χ4v) is 4.19. The van der Waals surface area contributed by atoms with Crippen molar-refractivity contribution in [2.24, 2.45) is 0 Å². The molecule has 1 aromatic carbocycles. The summed E-state index contributed by atoms with van der Waals surface area (Å²) in [4.78, 5) is 17.6. The number of benzene rings is 1. The van der Waals surface area contributed by atoms with Crippen molar-refractivity contribution in [3.05, 3.63) is 54.4 Å². The number of hydrogen-bond acceptors (Lipinski definition) is 3. The molecular weight excluding hydrogens is 312 g/mol. The second-order valence-corrected chi connectivity index (χ2v) is 7.18. The number of carbonyl (C=O) groups is 1. The number of rotatable bonds is 4. The minimum absolute atomic E-state index is 0.0385. The van der Waals surface area contributed by atoms with Gasteiger partial charge < -0.3 is 4.90 Å².